The first kappa shape index (κ1) is 15.1. The molecular weight excluding hydrogens is 298 g/mol. The quantitative estimate of drug-likeness (QED) is 0.937. The summed E-state index contributed by atoms with van der Waals surface area (Å²) in [5.74, 6) is 1.52. The zero-order chi connectivity index (χ0) is 15.7. The van der Waals surface area contributed by atoms with Gasteiger partial charge >= 0.3 is 0 Å². The smallest absolute Gasteiger partial charge is 0.288 e. The Morgan fingerprint density at radius 3 is 2.59 bits per heavy atom. The van der Waals surface area contributed by atoms with Crippen LogP contribution in [0.2, 0.25) is 0 Å². The Bertz CT molecular complexity index is 698. The van der Waals surface area contributed by atoms with Crippen molar-refractivity contribution in [3.63, 3.8) is 0 Å². The van der Waals surface area contributed by atoms with E-state index in [1.54, 1.807) is 0 Å². The summed E-state index contributed by atoms with van der Waals surface area (Å²) in [7, 11) is 0. The lowest BCUT2D eigenvalue weighted by atomic mass is 9.98. The normalized spacial score (nSPS) is 20.4. The van der Waals surface area contributed by atoms with E-state index in [1.807, 2.05) is 63.2 Å². The molecule has 2 unspecified atom stereocenters. The molecule has 0 amide bonds. The lowest BCUT2D eigenvalue weighted by Gasteiger charge is -2.24. The molecule has 4 nitrogen and oxygen atoms in total. The van der Waals surface area contributed by atoms with Gasteiger partial charge in [-0.05, 0) is 38.5 Å². The van der Waals surface area contributed by atoms with Gasteiger partial charge in [-0.25, -0.2) is 0 Å². The van der Waals surface area contributed by atoms with Gasteiger partial charge < -0.3 is 8.92 Å². The number of nitrogens with one attached hydrogen (secondary N) is 1. The van der Waals surface area contributed by atoms with Gasteiger partial charge in [-0.2, -0.15) is 8.93 Å². The zero-order valence-corrected chi connectivity index (χ0v) is 13.6. The monoisotopic (exact) mass is 317 g/mol. The van der Waals surface area contributed by atoms with E-state index in [-0.39, 0.29) is 12.1 Å². The first-order chi connectivity index (χ1) is 10.5. The Balaban J connectivity index is 1.99. The van der Waals surface area contributed by atoms with Gasteiger partial charge in [-0.15, -0.1) is 0 Å². The summed E-state index contributed by atoms with van der Waals surface area (Å²) in [6.45, 7) is 5.97. The van der Waals surface area contributed by atoms with E-state index in [0.717, 1.165) is 22.4 Å². The molecule has 1 N–H and O–H groups in total. The van der Waals surface area contributed by atoms with Gasteiger partial charge in [0.15, 0.2) is 5.75 Å². The van der Waals surface area contributed by atoms with E-state index in [0.29, 0.717) is 5.75 Å². The summed E-state index contributed by atoms with van der Waals surface area (Å²) < 4.78 is 25.8. The molecule has 0 aromatic heterocycles. The molecule has 0 bridgehead atoms. The van der Waals surface area contributed by atoms with Crippen molar-refractivity contribution in [1.29, 1.82) is 0 Å². The second kappa shape index (κ2) is 6.10. The fraction of sp³-hybridized carbons (Fsp3) is 0.294. The third kappa shape index (κ3) is 3.00. The number of benzene rings is 2. The van der Waals surface area contributed by atoms with Gasteiger partial charge in [0.1, 0.15) is 5.75 Å². The number of fused-ring (bicyclic) bond motifs is 1. The number of rotatable bonds is 3. The summed E-state index contributed by atoms with van der Waals surface area (Å²) in [6.07, 6.45) is 0.146. The molecule has 0 saturated heterocycles. The molecule has 3 rings (SSSR count). The van der Waals surface area contributed by atoms with Crippen molar-refractivity contribution in [2.45, 2.75) is 32.9 Å². The molecule has 0 radical (unpaired) electrons. The van der Waals surface area contributed by atoms with Crippen molar-refractivity contribution in [2.24, 2.45) is 0 Å². The predicted octanol–water partition coefficient (Wildman–Crippen LogP) is 3.76. The molecule has 2 aromatic carbocycles. The van der Waals surface area contributed by atoms with E-state index >= 15 is 0 Å². The van der Waals surface area contributed by atoms with E-state index in [4.69, 9.17) is 8.92 Å². The molecule has 0 saturated carbocycles. The van der Waals surface area contributed by atoms with E-state index in [2.05, 4.69) is 4.72 Å². The Morgan fingerprint density at radius 2 is 1.91 bits per heavy atom. The molecule has 2 atom stereocenters. The van der Waals surface area contributed by atoms with Crippen LogP contribution in [-0.2, 0) is 11.3 Å². The highest BCUT2D eigenvalue weighted by molar-refractivity contribution is 7.78. The van der Waals surface area contributed by atoms with Crippen LogP contribution in [0.5, 0.6) is 11.5 Å². The van der Waals surface area contributed by atoms with Crippen LogP contribution in [0.4, 0.5) is 0 Å². The number of hydrogen-bond donors (Lipinski definition) is 1. The summed E-state index contributed by atoms with van der Waals surface area (Å²) in [5, 5.41) is 0. The summed E-state index contributed by atoms with van der Waals surface area (Å²) >= 11 is -1.50. The van der Waals surface area contributed by atoms with E-state index < -0.39 is 11.3 Å². The van der Waals surface area contributed by atoms with E-state index in [9.17, 15) is 4.21 Å². The summed E-state index contributed by atoms with van der Waals surface area (Å²) in [5.41, 5.74) is 2.97. The second-order valence-corrected chi connectivity index (χ2v) is 6.44. The molecular formula is C17H19NO3S. The van der Waals surface area contributed by atoms with Crippen molar-refractivity contribution in [1.82, 2.24) is 4.72 Å². The van der Waals surface area contributed by atoms with Gasteiger partial charge in [0.25, 0.3) is 11.3 Å². The molecule has 1 aliphatic heterocycles. The van der Waals surface area contributed by atoms with Crippen molar-refractivity contribution in [3.05, 3.63) is 48.0 Å². The standard InChI is InChI=1S/C17H19NO3S/c1-11(2)20-14-9-7-13(8-10-14)16-6-4-5-15-12(3)18-22(19)21-17(15)16/h4-12,18H,1-3H3. The van der Waals surface area contributed by atoms with Gasteiger partial charge in [0.05, 0.1) is 6.10 Å². The maximum Gasteiger partial charge on any atom is 0.288 e. The van der Waals surface area contributed by atoms with Crippen molar-refractivity contribution < 1.29 is 13.1 Å². The van der Waals surface area contributed by atoms with Gasteiger partial charge in [-0.1, -0.05) is 30.3 Å². The third-order valence-corrected chi connectivity index (χ3v) is 4.35. The van der Waals surface area contributed by atoms with Crippen molar-refractivity contribution in [3.8, 4) is 22.6 Å². The maximum atomic E-state index is 11.8. The molecule has 22 heavy (non-hydrogen) atoms. The van der Waals surface area contributed by atoms with Gasteiger partial charge in [-0.3, -0.25) is 0 Å². The minimum absolute atomic E-state index is 0.00641. The third-order valence-electron chi connectivity index (χ3n) is 3.48. The average Bonchev–Trinajstić information content (AvgIpc) is 2.47. The minimum atomic E-state index is -1.50. The predicted molar refractivity (Wildman–Crippen MR) is 88.0 cm³/mol. The number of para-hydroxylation sites is 1. The fourth-order valence-corrected chi connectivity index (χ4v) is 3.31. The molecule has 5 heteroatoms. The molecule has 1 heterocycles. The molecule has 0 aliphatic carbocycles. The highest BCUT2D eigenvalue weighted by Gasteiger charge is 2.25. The number of ether oxygens (including phenoxy) is 1. The molecule has 0 fully saturated rings. The Hall–Kier alpha value is -1.85. The molecule has 1 aliphatic rings. The Kier molecular flexibility index (Phi) is 4.18. The van der Waals surface area contributed by atoms with Crippen LogP contribution in [0.25, 0.3) is 11.1 Å². The van der Waals surface area contributed by atoms with Gasteiger partial charge in [0.2, 0.25) is 0 Å². The maximum absolute atomic E-state index is 11.8. The average molecular weight is 317 g/mol. The number of hydrogen-bond acceptors (Lipinski definition) is 3. The lowest BCUT2D eigenvalue weighted by molar-refractivity contribution is 0.242. The first-order valence-electron chi connectivity index (χ1n) is 7.31. The zero-order valence-electron chi connectivity index (χ0n) is 12.8. The second-order valence-electron chi connectivity index (χ2n) is 5.57. The van der Waals surface area contributed by atoms with Crippen LogP contribution in [0.3, 0.4) is 0 Å². The summed E-state index contributed by atoms with van der Waals surface area (Å²) in [4.78, 5) is 0. The minimum Gasteiger partial charge on any atom is -0.491 e. The van der Waals surface area contributed by atoms with Crippen LogP contribution in [0.1, 0.15) is 32.4 Å². The highest BCUT2D eigenvalue weighted by Crippen LogP contribution is 2.39. The van der Waals surface area contributed by atoms with Crippen molar-refractivity contribution in [2.75, 3.05) is 0 Å². The summed E-state index contributed by atoms with van der Waals surface area (Å²) in [6, 6.07) is 13.8. The lowest BCUT2D eigenvalue weighted by Crippen LogP contribution is -2.30. The van der Waals surface area contributed by atoms with Crippen molar-refractivity contribution >= 4 is 11.3 Å². The van der Waals surface area contributed by atoms with Crippen LogP contribution < -0.4 is 13.6 Å². The molecule has 2 aromatic rings. The first-order valence-corrected chi connectivity index (χ1v) is 8.38. The Labute approximate surface area is 133 Å². The fourth-order valence-electron chi connectivity index (χ4n) is 2.51. The van der Waals surface area contributed by atoms with Crippen LogP contribution in [0, 0.1) is 0 Å². The highest BCUT2D eigenvalue weighted by atomic mass is 32.2. The van der Waals surface area contributed by atoms with Crippen LogP contribution >= 0.6 is 0 Å². The van der Waals surface area contributed by atoms with Crippen LogP contribution in [0.15, 0.2) is 42.5 Å². The van der Waals surface area contributed by atoms with E-state index in [1.165, 1.54) is 0 Å². The molecule has 116 valence electrons. The van der Waals surface area contributed by atoms with Gasteiger partial charge in [0, 0.05) is 17.2 Å². The topological polar surface area (TPSA) is 47.6 Å². The largest absolute Gasteiger partial charge is 0.491 e. The van der Waals surface area contributed by atoms with Crippen LogP contribution in [-0.4, -0.2) is 10.3 Å². The Morgan fingerprint density at radius 1 is 1.18 bits per heavy atom. The molecule has 0 spiro atoms. The SMILES string of the molecule is CC(C)Oc1ccc(-c2cccc3c2OS(=O)NC3C)cc1.